The topological polar surface area (TPSA) is 58.8 Å². The lowest BCUT2D eigenvalue weighted by atomic mass is 10.0. The molecule has 1 heterocycles. The summed E-state index contributed by atoms with van der Waals surface area (Å²) in [6.45, 7) is 7.94. The highest BCUT2D eigenvalue weighted by atomic mass is 16.5. The molecule has 1 aliphatic rings. The second-order valence-corrected chi connectivity index (χ2v) is 6.18. The molecule has 2 rings (SSSR count). The number of hydrogen-bond donors (Lipinski definition) is 1. The summed E-state index contributed by atoms with van der Waals surface area (Å²) >= 11 is 0. The number of likely N-dealkylation sites (N-methyl/N-ethyl adjacent to an activating group) is 1. The van der Waals surface area contributed by atoms with E-state index in [4.69, 9.17) is 10.5 Å². The van der Waals surface area contributed by atoms with Crippen molar-refractivity contribution in [3.63, 3.8) is 0 Å². The van der Waals surface area contributed by atoms with Gasteiger partial charge in [-0.15, -0.1) is 0 Å². The average molecular weight is 305 g/mol. The van der Waals surface area contributed by atoms with Crippen LogP contribution in [0.3, 0.4) is 0 Å². The molecule has 0 aromatic heterocycles. The minimum atomic E-state index is -0.302. The minimum Gasteiger partial charge on any atom is -0.374 e. The van der Waals surface area contributed by atoms with Crippen molar-refractivity contribution >= 4 is 5.91 Å². The van der Waals surface area contributed by atoms with Crippen LogP contribution in [0.2, 0.25) is 0 Å². The van der Waals surface area contributed by atoms with Gasteiger partial charge in [0.1, 0.15) is 0 Å². The predicted octanol–water partition coefficient (Wildman–Crippen LogP) is 1.17. The molecule has 1 saturated heterocycles. The summed E-state index contributed by atoms with van der Waals surface area (Å²) in [7, 11) is 1.90. The summed E-state index contributed by atoms with van der Waals surface area (Å²) in [4.78, 5) is 15.4. The van der Waals surface area contributed by atoms with E-state index < -0.39 is 0 Å². The fourth-order valence-electron chi connectivity index (χ4n) is 3.13. The first-order valence-electron chi connectivity index (χ1n) is 7.85. The van der Waals surface area contributed by atoms with Gasteiger partial charge in [-0.05, 0) is 32.0 Å². The van der Waals surface area contributed by atoms with E-state index in [0.29, 0.717) is 6.04 Å². The van der Waals surface area contributed by atoms with E-state index in [1.54, 1.807) is 0 Å². The summed E-state index contributed by atoms with van der Waals surface area (Å²) in [5.74, 6) is -0.302. The lowest BCUT2D eigenvalue weighted by Crippen LogP contribution is -2.48. The first-order chi connectivity index (χ1) is 10.5. The van der Waals surface area contributed by atoms with Crippen LogP contribution >= 0.6 is 0 Å². The number of nitrogens with two attached hydrogens (primary N) is 1. The lowest BCUT2D eigenvalue weighted by Gasteiger charge is -2.38. The number of carbonyl (C=O) groups excluding carboxylic acids is 1. The molecule has 0 saturated carbocycles. The zero-order chi connectivity index (χ0) is 16.1. The Bertz CT molecular complexity index is 506. The van der Waals surface area contributed by atoms with Crippen molar-refractivity contribution in [1.82, 2.24) is 9.80 Å². The molecule has 5 nitrogen and oxygen atoms in total. The van der Waals surface area contributed by atoms with E-state index >= 15 is 0 Å². The summed E-state index contributed by atoms with van der Waals surface area (Å²) < 4.78 is 5.84. The third-order valence-electron chi connectivity index (χ3n) is 4.30. The maximum atomic E-state index is 11.0. The van der Waals surface area contributed by atoms with Crippen LogP contribution in [0.5, 0.6) is 0 Å². The van der Waals surface area contributed by atoms with Crippen LogP contribution in [-0.2, 0) is 9.53 Å². The second kappa shape index (κ2) is 7.72. The summed E-state index contributed by atoms with van der Waals surface area (Å²) in [6, 6.07) is 8.90. The quantitative estimate of drug-likeness (QED) is 0.857. The molecule has 22 heavy (non-hydrogen) atoms. The molecule has 1 fully saturated rings. The van der Waals surface area contributed by atoms with Crippen molar-refractivity contribution in [2.75, 3.05) is 39.8 Å². The number of nitrogens with zero attached hydrogens (tertiary/aromatic N) is 2. The molecule has 1 amide bonds. The fraction of sp³-hybridized carbons (Fsp3) is 0.588. The molecule has 2 N–H and O–H groups in total. The molecule has 1 aromatic rings. The van der Waals surface area contributed by atoms with E-state index in [1.165, 1.54) is 11.1 Å². The van der Waals surface area contributed by atoms with Crippen LogP contribution in [0, 0.1) is 6.92 Å². The first kappa shape index (κ1) is 16.9. The standard InChI is InChI=1S/C17H27N3O2/c1-13-6-4-5-7-16(13)14(2)20-8-9-22-15(11-20)10-19(3)12-17(18)21/h4-7,14-15H,8-12H2,1-3H3,(H2,18,21)/t14-,15-/m1/s1. The fourth-order valence-corrected chi connectivity index (χ4v) is 3.13. The second-order valence-electron chi connectivity index (χ2n) is 6.18. The molecule has 122 valence electrons. The molecule has 0 bridgehead atoms. The van der Waals surface area contributed by atoms with E-state index in [1.807, 2.05) is 11.9 Å². The van der Waals surface area contributed by atoms with Gasteiger partial charge in [0.2, 0.25) is 5.91 Å². The summed E-state index contributed by atoms with van der Waals surface area (Å²) in [6.07, 6.45) is 0.115. The van der Waals surface area contributed by atoms with Crippen molar-refractivity contribution in [2.45, 2.75) is 26.0 Å². The highest BCUT2D eigenvalue weighted by molar-refractivity contribution is 5.75. The highest BCUT2D eigenvalue weighted by Crippen LogP contribution is 2.25. The average Bonchev–Trinajstić information content (AvgIpc) is 2.46. The molecule has 0 unspecified atom stereocenters. The Balaban J connectivity index is 1.95. The maximum Gasteiger partial charge on any atom is 0.231 e. The number of morpholine rings is 1. The van der Waals surface area contributed by atoms with E-state index in [2.05, 4.69) is 43.0 Å². The molecular formula is C17H27N3O2. The number of rotatable bonds is 6. The van der Waals surface area contributed by atoms with Crippen molar-refractivity contribution < 1.29 is 9.53 Å². The van der Waals surface area contributed by atoms with Gasteiger partial charge >= 0.3 is 0 Å². The Morgan fingerprint density at radius 2 is 2.23 bits per heavy atom. The Morgan fingerprint density at radius 1 is 1.50 bits per heavy atom. The summed E-state index contributed by atoms with van der Waals surface area (Å²) in [5.41, 5.74) is 7.93. The Kier molecular flexibility index (Phi) is 5.94. The molecule has 1 aliphatic heterocycles. The number of aryl methyl sites for hydroxylation is 1. The SMILES string of the molecule is Cc1ccccc1[C@@H](C)N1CCO[C@H](CN(C)CC(N)=O)C1. The van der Waals surface area contributed by atoms with E-state index in [0.717, 1.165) is 26.2 Å². The van der Waals surface area contributed by atoms with Crippen LogP contribution in [0.1, 0.15) is 24.1 Å². The highest BCUT2D eigenvalue weighted by Gasteiger charge is 2.26. The number of benzene rings is 1. The van der Waals surface area contributed by atoms with Crippen LogP contribution in [0.15, 0.2) is 24.3 Å². The Hall–Kier alpha value is -1.43. The van der Waals surface area contributed by atoms with Crippen molar-refractivity contribution in [1.29, 1.82) is 0 Å². The molecular weight excluding hydrogens is 278 g/mol. The number of hydrogen-bond acceptors (Lipinski definition) is 4. The van der Waals surface area contributed by atoms with Gasteiger partial charge < -0.3 is 10.5 Å². The van der Waals surface area contributed by atoms with Crippen molar-refractivity contribution in [3.8, 4) is 0 Å². The van der Waals surface area contributed by atoms with Gasteiger partial charge in [0.05, 0.1) is 19.3 Å². The smallest absolute Gasteiger partial charge is 0.231 e. The van der Waals surface area contributed by atoms with Gasteiger partial charge in [-0.1, -0.05) is 24.3 Å². The van der Waals surface area contributed by atoms with Gasteiger partial charge in [0.25, 0.3) is 0 Å². The maximum absolute atomic E-state index is 11.0. The van der Waals surface area contributed by atoms with Crippen molar-refractivity contribution in [2.24, 2.45) is 5.73 Å². The van der Waals surface area contributed by atoms with Gasteiger partial charge in [0.15, 0.2) is 0 Å². The van der Waals surface area contributed by atoms with E-state index in [-0.39, 0.29) is 18.6 Å². The number of primary amides is 1. The third kappa shape index (κ3) is 4.53. The predicted molar refractivity (Wildman–Crippen MR) is 87.6 cm³/mol. The lowest BCUT2D eigenvalue weighted by molar-refractivity contribution is -0.119. The van der Waals surface area contributed by atoms with Gasteiger partial charge in [-0.3, -0.25) is 14.6 Å². The first-order valence-corrected chi connectivity index (χ1v) is 7.85. The number of carbonyl (C=O) groups is 1. The largest absolute Gasteiger partial charge is 0.374 e. The van der Waals surface area contributed by atoms with Crippen LogP contribution in [0.25, 0.3) is 0 Å². The summed E-state index contributed by atoms with van der Waals surface area (Å²) in [5, 5.41) is 0. The van der Waals surface area contributed by atoms with Gasteiger partial charge in [0, 0.05) is 25.7 Å². The molecule has 5 heteroatoms. The molecule has 0 spiro atoms. The molecule has 0 radical (unpaired) electrons. The zero-order valence-electron chi connectivity index (χ0n) is 13.8. The molecule has 0 aliphatic carbocycles. The Morgan fingerprint density at radius 3 is 2.91 bits per heavy atom. The van der Waals surface area contributed by atoms with E-state index in [9.17, 15) is 4.79 Å². The Labute approximate surface area is 133 Å². The van der Waals surface area contributed by atoms with Crippen LogP contribution in [-0.4, -0.2) is 61.6 Å². The van der Waals surface area contributed by atoms with Crippen LogP contribution < -0.4 is 5.73 Å². The van der Waals surface area contributed by atoms with Crippen molar-refractivity contribution in [3.05, 3.63) is 35.4 Å². The van der Waals surface area contributed by atoms with Crippen LogP contribution in [0.4, 0.5) is 0 Å². The van der Waals surface area contributed by atoms with Gasteiger partial charge in [-0.2, -0.15) is 0 Å². The number of ether oxygens (including phenoxy) is 1. The zero-order valence-corrected chi connectivity index (χ0v) is 13.8. The minimum absolute atomic E-state index is 0.115. The monoisotopic (exact) mass is 305 g/mol. The number of amides is 1. The normalized spacial score (nSPS) is 21.0. The molecule has 1 aromatic carbocycles. The third-order valence-corrected chi connectivity index (χ3v) is 4.30. The van der Waals surface area contributed by atoms with Gasteiger partial charge in [-0.25, -0.2) is 0 Å². The molecule has 2 atom stereocenters.